The summed E-state index contributed by atoms with van der Waals surface area (Å²) in [5.74, 6) is 0.884. The van der Waals surface area contributed by atoms with Crippen molar-refractivity contribution in [3.8, 4) is 0 Å². The van der Waals surface area contributed by atoms with Crippen LogP contribution in [0.1, 0.15) is 30.1 Å². The number of aliphatic hydroxyl groups excluding tert-OH is 1. The molecule has 1 saturated carbocycles. The summed E-state index contributed by atoms with van der Waals surface area (Å²) in [6.45, 7) is 3.92. The maximum atomic E-state index is 10.1. The molecular formula is C14H21NO. The number of aryl methyl sites for hydroxylation is 1. The van der Waals surface area contributed by atoms with Gasteiger partial charge in [-0.15, -0.1) is 0 Å². The molecule has 2 heteroatoms. The number of benzene rings is 1. The van der Waals surface area contributed by atoms with Crippen LogP contribution in [0.2, 0.25) is 0 Å². The van der Waals surface area contributed by atoms with Gasteiger partial charge in [-0.05, 0) is 38.3 Å². The third kappa shape index (κ3) is 3.32. The van der Waals surface area contributed by atoms with E-state index >= 15 is 0 Å². The largest absolute Gasteiger partial charge is 0.387 e. The molecule has 1 N–H and O–H groups in total. The summed E-state index contributed by atoms with van der Waals surface area (Å²) in [7, 11) is 2.09. The Morgan fingerprint density at radius 1 is 1.44 bits per heavy atom. The fraction of sp³-hybridized carbons (Fsp3) is 0.571. The lowest BCUT2D eigenvalue weighted by atomic mass is 10.1. The summed E-state index contributed by atoms with van der Waals surface area (Å²) < 4.78 is 0. The predicted octanol–water partition coefficient (Wildman–Crippen LogP) is 2.37. The highest BCUT2D eigenvalue weighted by molar-refractivity contribution is 5.24. The SMILES string of the molecule is Cc1cccc(C(O)CN(C)CC2CC2)c1. The van der Waals surface area contributed by atoms with E-state index in [-0.39, 0.29) is 6.10 Å². The van der Waals surface area contributed by atoms with Crippen molar-refractivity contribution >= 4 is 0 Å². The minimum Gasteiger partial charge on any atom is -0.387 e. The second-order valence-electron chi connectivity index (χ2n) is 5.09. The average Bonchev–Trinajstić information content (AvgIpc) is 3.01. The second kappa shape index (κ2) is 4.98. The molecule has 0 amide bonds. The maximum Gasteiger partial charge on any atom is 0.0916 e. The molecule has 0 saturated heterocycles. The lowest BCUT2D eigenvalue weighted by Crippen LogP contribution is -2.26. The summed E-state index contributed by atoms with van der Waals surface area (Å²) in [5, 5.41) is 10.1. The quantitative estimate of drug-likeness (QED) is 0.822. The summed E-state index contributed by atoms with van der Waals surface area (Å²) in [4.78, 5) is 2.24. The van der Waals surface area contributed by atoms with Crippen molar-refractivity contribution in [3.05, 3.63) is 35.4 Å². The Labute approximate surface area is 97.9 Å². The van der Waals surface area contributed by atoms with E-state index < -0.39 is 0 Å². The molecule has 1 aromatic carbocycles. The van der Waals surface area contributed by atoms with Gasteiger partial charge in [-0.2, -0.15) is 0 Å². The van der Waals surface area contributed by atoms with Crippen LogP contribution in [0.5, 0.6) is 0 Å². The van der Waals surface area contributed by atoms with Gasteiger partial charge in [0, 0.05) is 13.1 Å². The summed E-state index contributed by atoms with van der Waals surface area (Å²) in [5.41, 5.74) is 2.24. The van der Waals surface area contributed by atoms with Gasteiger partial charge in [0.1, 0.15) is 0 Å². The third-order valence-corrected chi connectivity index (χ3v) is 3.18. The second-order valence-corrected chi connectivity index (χ2v) is 5.09. The molecule has 0 heterocycles. The highest BCUT2D eigenvalue weighted by Gasteiger charge is 2.23. The topological polar surface area (TPSA) is 23.5 Å². The molecule has 0 aliphatic heterocycles. The predicted molar refractivity (Wildman–Crippen MR) is 66.4 cm³/mol. The van der Waals surface area contributed by atoms with E-state index in [9.17, 15) is 5.11 Å². The molecule has 1 aromatic rings. The Morgan fingerprint density at radius 2 is 2.19 bits per heavy atom. The number of likely N-dealkylation sites (N-methyl/N-ethyl adjacent to an activating group) is 1. The molecule has 2 nitrogen and oxygen atoms in total. The highest BCUT2D eigenvalue weighted by atomic mass is 16.3. The van der Waals surface area contributed by atoms with Crippen LogP contribution in [0, 0.1) is 12.8 Å². The molecule has 88 valence electrons. The molecule has 0 spiro atoms. The van der Waals surface area contributed by atoms with Crippen LogP contribution < -0.4 is 0 Å². The monoisotopic (exact) mass is 219 g/mol. The lowest BCUT2D eigenvalue weighted by molar-refractivity contribution is 0.124. The Bertz CT molecular complexity index is 346. The zero-order chi connectivity index (χ0) is 11.5. The first-order valence-electron chi connectivity index (χ1n) is 6.08. The van der Waals surface area contributed by atoms with Gasteiger partial charge in [-0.25, -0.2) is 0 Å². The van der Waals surface area contributed by atoms with E-state index in [1.165, 1.54) is 18.4 Å². The smallest absolute Gasteiger partial charge is 0.0916 e. The van der Waals surface area contributed by atoms with Crippen LogP contribution in [-0.2, 0) is 0 Å². The van der Waals surface area contributed by atoms with Gasteiger partial charge < -0.3 is 10.0 Å². The van der Waals surface area contributed by atoms with Crippen LogP contribution in [0.15, 0.2) is 24.3 Å². The molecule has 1 unspecified atom stereocenters. The Kier molecular flexibility index (Phi) is 3.62. The third-order valence-electron chi connectivity index (χ3n) is 3.18. The molecule has 16 heavy (non-hydrogen) atoms. The number of hydrogen-bond donors (Lipinski definition) is 1. The fourth-order valence-electron chi connectivity index (χ4n) is 2.09. The number of nitrogens with zero attached hydrogens (tertiary/aromatic N) is 1. The zero-order valence-corrected chi connectivity index (χ0v) is 10.2. The first-order chi connectivity index (χ1) is 7.65. The minimum absolute atomic E-state index is 0.358. The average molecular weight is 219 g/mol. The molecule has 1 atom stereocenters. The van der Waals surface area contributed by atoms with Crippen molar-refractivity contribution in [2.75, 3.05) is 20.1 Å². The molecule has 1 aliphatic carbocycles. The van der Waals surface area contributed by atoms with Crippen molar-refractivity contribution in [3.63, 3.8) is 0 Å². The van der Waals surface area contributed by atoms with E-state index in [1.807, 2.05) is 12.1 Å². The molecule has 2 rings (SSSR count). The van der Waals surface area contributed by atoms with Crippen molar-refractivity contribution in [1.82, 2.24) is 4.90 Å². The first kappa shape index (κ1) is 11.6. The van der Waals surface area contributed by atoms with Gasteiger partial charge in [0.05, 0.1) is 6.10 Å². The van der Waals surface area contributed by atoms with Gasteiger partial charge in [0.2, 0.25) is 0 Å². The Balaban J connectivity index is 1.88. The van der Waals surface area contributed by atoms with E-state index in [1.54, 1.807) is 0 Å². The van der Waals surface area contributed by atoms with Crippen molar-refractivity contribution in [2.24, 2.45) is 5.92 Å². The van der Waals surface area contributed by atoms with E-state index in [4.69, 9.17) is 0 Å². The first-order valence-corrected chi connectivity index (χ1v) is 6.08. The number of hydrogen-bond acceptors (Lipinski definition) is 2. The summed E-state index contributed by atoms with van der Waals surface area (Å²) >= 11 is 0. The zero-order valence-electron chi connectivity index (χ0n) is 10.2. The normalized spacial score (nSPS) is 17.8. The van der Waals surface area contributed by atoms with Gasteiger partial charge in [-0.3, -0.25) is 0 Å². The standard InChI is InChI=1S/C14H21NO/c1-11-4-3-5-13(8-11)14(16)10-15(2)9-12-6-7-12/h3-5,8,12,14,16H,6-7,9-10H2,1-2H3. The molecule has 0 aromatic heterocycles. The molecule has 1 aliphatic rings. The summed E-state index contributed by atoms with van der Waals surface area (Å²) in [6.07, 6.45) is 2.37. The number of aliphatic hydroxyl groups is 1. The van der Waals surface area contributed by atoms with Crippen LogP contribution >= 0.6 is 0 Å². The molecular weight excluding hydrogens is 198 g/mol. The lowest BCUT2D eigenvalue weighted by Gasteiger charge is -2.20. The summed E-state index contributed by atoms with van der Waals surface area (Å²) in [6, 6.07) is 8.14. The Hall–Kier alpha value is -0.860. The Morgan fingerprint density at radius 3 is 2.81 bits per heavy atom. The number of rotatable bonds is 5. The van der Waals surface area contributed by atoms with Crippen LogP contribution in [-0.4, -0.2) is 30.1 Å². The van der Waals surface area contributed by atoms with Crippen LogP contribution in [0.4, 0.5) is 0 Å². The van der Waals surface area contributed by atoms with Gasteiger partial charge in [0.25, 0.3) is 0 Å². The van der Waals surface area contributed by atoms with E-state index in [0.717, 1.165) is 24.6 Å². The maximum absolute atomic E-state index is 10.1. The molecule has 0 bridgehead atoms. The van der Waals surface area contributed by atoms with E-state index in [0.29, 0.717) is 0 Å². The van der Waals surface area contributed by atoms with Crippen molar-refractivity contribution < 1.29 is 5.11 Å². The molecule has 0 radical (unpaired) electrons. The van der Waals surface area contributed by atoms with Crippen LogP contribution in [0.3, 0.4) is 0 Å². The van der Waals surface area contributed by atoms with Gasteiger partial charge in [-0.1, -0.05) is 29.8 Å². The van der Waals surface area contributed by atoms with E-state index in [2.05, 4.69) is 31.0 Å². The van der Waals surface area contributed by atoms with Crippen LogP contribution in [0.25, 0.3) is 0 Å². The van der Waals surface area contributed by atoms with Crippen molar-refractivity contribution in [1.29, 1.82) is 0 Å². The van der Waals surface area contributed by atoms with Gasteiger partial charge >= 0.3 is 0 Å². The fourth-order valence-corrected chi connectivity index (χ4v) is 2.09. The minimum atomic E-state index is -0.358. The van der Waals surface area contributed by atoms with Gasteiger partial charge in [0.15, 0.2) is 0 Å². The molecule has 1 fully saturated rings. The highest BCUT2D eigenvalue weighted by Crippen LogP contribution is 2.29. The van der Waals surface area contributed by atoms with Crippen molar-refractivity contribution in [2.45, 2.75) is 25.9 Å².